The number of nitrogens with zero attached hydrogens (tertiary/aromatic N) is 1. The highest BCUT2D eigenvalue weighted by atomic mass is 32.2. The number of amides is 1. The number of carboxylic acid groups (broad SMARTS) is 1. The van der Waals surface area contributed by atoms with E-state index in [1.807, 2.05) is 0 Å². The van der Waals surface area contributed by atoms with E-state index in [-0.39, 0.29) is 11.9 Å². The normalized spacial score (nSPS) is 33.5. The zero-order chi connectivity index (χ0) is 15.1. The van der Waals surface area contributed by atoms with Crippen LogP contribution >= 0.6 is 0 Å². The van der Waals surface area contributed by atoms with Crippen LogP contribution < -0.4 is 0 Å². The number of sulfone groups is 1. The smallest absolute Gasteiger partial charge is 0.307 e. The molecule has 2 rings (SSSR count). The van der Waals surface area contributed by atoms with Crippen molar-refractivity contribution in [2.45, 2.75) is 43.4 Å². The Labute approximate surface area is 119 Å². The van der Waals surface area contributed by atoms with Gasteiger partial charge in [0.15, 0.2) is 9.84 Å². The molecule has 0 unspecified atom stereocenters. The van der Waals surface area contributed by atoms with Crippen molar-refractivity contribution in [3.05, 3.63) is 0 Å². The summed E-state index contributed by atoms with van der Waals surface area (Å²) in [5.41, 5.74) is 0. The standard InChI is InChI=1S/C13H21NO5S/c1-14(12(15)8-7-9(8)13(16)17)10-5-3-4-6-11(10)20(2,18)19/h8-11H,3-7H2,1-2H3,(H,16,17)/t8-,9+,10+,11+/m1/s1. The van der Waals surface area contributed by atoms with E-state index in [1.165, 1.54) is 11.2 Å². The predicted molar refractivity (Wildman–Crippen MR) is 72.9 cm³/mol. The van der Waals surface area contributed by atoms with Gasteiger partial charge < -0.3 is 10.0 Å². The maximum atomic E-state index is 12.3. The molecule has 1 N–H and O–H groups in total. The fraction of sp³-hybridized carbons (Fsp3) is 0.846. The highest BCUT2D eigenvalue weighted by molar-refractivity contribution is 7.91. The summed E-state index contributed by atoms with van der Waals surface area (Å²) in [6.07, 6.45) is 4.59. The lowest BCUT2D eigenvalue weighted by Gasteiger charge is -2.37. The summed E-state index contributed by atoms with van der Waals surface area (Å²) in [4.78, 5) is 24.6. The molecular formula is C13H21NO5S. The van der Waals surface area contributed by atoms with Gasteiger partial charge in [0, 0.05) is 19.3 Å². The van der Waals surface area contributed by atoms with Gasteiger partial charge in [-0.15, -0.1) is 0 Å². The molecule has 20 heavy (non-hydrogen) atoms. The summed E-state index contributed by atoms with van der Waals surface area (Å²) in [6.45, 7) is 0. The molecule has 0 aromatic heterocycles. The number of carbonyl (C=O) groups is 2. The minimum absolute atomic E-state index is 0.224. The number of aliphatic carboxylic acids is 1. The van der Waals surface area contributed by atoms with Gasteiger partial charge >= 0.3 is 5.97 Å². The molecule has 6 nitrogen and oxygen atoms in total. The Bertz CT molecular complexity index is 515. The molecule has 7 heteroatoms. The van der Waals surface area contributed by atoms with E-state index >= 15 is 0 Å². The summed E-state index contributed by atoms with van der Waals surface area (Å²) in [5.74, 6) is -2.23. The molecule has 0 aliphatic heterocycles. The van der Waals surface area contributed by atoms with Crippen LogP contribution in [0.2, 0.25) is 0 Å². The van der Waals surface area contributed by atoms with E-state index in [1.54, 1.807) is 7.05 Å². The van der Waals surface area contributed by atoms with Crippen molar-refractivity contribution in [3.63, 3.8) is 0 Å². The first kappa shape index (κ1) is 15.3. The minimum atomic E-state index is -3.20. The van der Waals surface area contributed by atoms with Crippen LogP contribution in [0.5, 0.6) is 0 Å². The summed E-state index contributed by atoms with van der Waals surface area (Å²) in [6, 6.07) is -0.318. The Hall–Kier alpha value is -1.11. The van der Waals surface area contributed by atoms with E-state index < -0.39 is 32.9 Å². The average Bonchev–Trinajstić information content (AvgIpc) is 3.16. The van der Waals surface area contributed by atoms with E-state index in [0.29, 0.717) is 19.3 Å². The highest BCUT2D eigenvalue weighted by Crippen LogP contribution is 2.41. The molecular weight excluding hydrogens is 282 g/mol. The van der Waals surface area contributed by atoms with Gasteiger partial charge in [0.2, 0.25) is 5.91 Å². The maximum Gasteiger partial charge on any atom is 0.307 e. The Morgan fingerprint density at radius 1 is 1.15 bits per heavy atom. The first-order valence-electron chi connectivity index (χ1n) is 6.92. The molecule has 2 aliphatic rings. The third kappa shape index (κ3) is 2.97. The number of carbonyl (C=O) groups excluding carboxylic acids is 1. The predicted octanol–water partition coefficient (Wildman–Crippen LogP) is 0.521. The zero-order valence-corrected chi connectivity index (χ0v) is 12.6. The number of hydrogen-bond donors (Lipinski definition) is 1. The van der Waals surface area contributed by atoms with Crippen molar-refractivity contribution in [1.82, 2.24) is 4.90 Å². The van der Waals surface area contributed by atoms with Gasteiger partial charge in [-0.2, -0.15) is 0 Å². The third-order valence-corrected chi connectivity index (χ3v) is 6.14. The fourth-order valence-corrected chi connectivity index (χ4v) is 4.67. The fourth-order valence-electron chi connectivity index (χ4n) is 3.19. The van der Waals surface area contributed by atoms with Crippen molar-refractivity contribution in [2.75, 3.05) is 13.3 Å². The van der Waals surface area contributed by atoms with Crippen LogP contribution in [0.4, 0.5) is 0 Å². The molecule has 2 saturated carbocycles. The summed E-state index contributed by atoms with van der Waals surface area (Å²) >= 11 is 0. The highest BCUT2D eigenvalue weighted by Gasteiger charge is 2.51. The quantitative estimate of drug-likeness (QED) is 0.817. The van der Waals surface area contributed by atoms with E-state index in [0.717, 1.165) is 12.8 Å². The van der Waals surface area contributed by atoms with Gasteiger partial charge in [-0.3, -0.25) is 9.59 Å². The molecule has 0 bridgehead atoms. The van der Waals surface area contributed by atoms with Crippen LogP contribution in [-0.2, 0) is 19.4 Å². The molecule has 1 amide bonds. The van der Waals surface area contributed by atoms with Crippen LogP contribution in [0.3, 0.4) is 0 Å². The van der Waals surface area contributed by atoms with E-state index in [4.69, 9.17) is 5.11 Å². The second-order valence-corrected chi connectivity index (χ2v) is 8.22. The van der Waals surface area contributed by atoms with Gasteiger partial charge in [-0.25, -0.2) is 8.42 Å². The van der Waals surface area contributed by atoms with Gasteiger partial charge in [-0.1, -0.05) is 12.8 Å². The third-order valence-electron chi connectivity index (χ3n) is 4.49. The second-order valence-electron chi connectivity index (χ2n) is 5.96. The Morgan fingerprint density at radius 3 is 2.25 bits per heavy atom. The number of carboxylic acids is 1. The van der Waals surface area contributed by atoms with Crippen LogP contribution in [0.15, 0.2) is 0 Å². The molecule has 114 valence electrons. The van der Waals surface area contributed by atoms with Crippen LogP contribution in [-0.4, -0.2) is 54.9 Å². The topological polar surface area (TPSA) is 91.8 Å². The maximum absolute atomic E-state index is 12.3. The molecule has 4 atom stereocenters. The van der Waals surface area contributed by atoms with Crippen LogP contribution in [0, 0.1) is 11.8 Å². The Morgan fingerprint density at radius 2 is 1.75 bits per heavy atom. The molecule has 2 fully saturated rings. The van der Waals surface area contributed by atoms with Crippen molar-refractivity contribution in [1.29, 1.82) is 0 Å². The van der Waals surface area contributed by atoms with Gasteiger partial charge in [-0.05, 0) is 19.3 Å². The second kappa shape index (κ2) is 5.35. The lowest BCUT2D eigenvalue weighted by atomic mass is 9.93. The molecule has 0 aromatic rings. The molecule has 0 aromatic carbocycles. The SMILES string of the molecule is CN(C(=O)[C@@H]1C[C@@H]1C(=O)O)[C@H]1CCCC[C@@H]1S(C)(=O)=O. The van der Waals surface area contributed by atoms with E-state index in [9.17, 15) is 18.0 Å². The monoisotopic (exact) mass is 303 g/mol. The van der Waals surface area contributed by atoms with Crippen molar-refractivity contribution in [3.8, 4) is 0 Å². The first-order chi connectivity index (χ1) is 9.23. The molecule has 0 heterocycles. The summed E-state index contributed by atoms with van der Waals surface area (Å²) in [7, 11) is -1.59. The van der Waals surface area contributed by atoms with Gasteiger partial charge in [0.1, 0.15) is 0 Å². The number of rotatable bonds is 4. The lowest BCUT2D eigenvalue weighted by molar-refractivity contribution is -0.142. The van der Waals surface area contributed by atoms with Crippen LogP contribution in [0.25, 0.3) is 0 Å². The number of hydrogen-bond acceptors (Lipinski definition) is 4. The van der Waals surface area contributed by atoms with Gasteiger partial charge in [0.25, 0.3) is 0 Å². The average molecular weight is 303 g/mol. The van der Waals surface area contributed by atoms with Crippen molar-refractivity contribution in [2.24, 2.45) is 11.8 Å². The Balaban J connectivity index is 2.09. The molecule has 0 saturated heterocycles. The molecule has 0 radical (unpaired) electrons. The summed E-state index contributed by atoms with van der Waals surface area (Å²) < 4.78 is 23.7. The largest absolute Gasteiger partial charge is 0.481 e. The zero-order valence-electron chi connectivity index (χ0n) is 11.8. The molecule has 2 aliphatic carbocycles. The van der Waals surface area contributed by atoms with E-state index in [2.05, 4.69) is 0 Å². The van der Waals surface area contributed by atoms with Crippen molar-refractivity contribution >= 4 is 21.7 Å². The molecule has 0 spiro atoms. The lowest BCUT2D eigenvalue weighted by Crippen LogP contribution is -2.49. The summed E-state index contributed by atoms with van der Waals surface area (Å²) in [5, 5.41) is 8.36. The first-order valence-corrected chi connectivity index (χ1v) is 8.87. The van der Waals surface area contributed by atoms with Crippen molar-refractivity contribution < 1.29 is 23.1 Å². The minimum Gasteiger partial charge on any atom is -0.481 e. The Kier molecular flexibility index (Phi) is 4.09. The van der Waals surface area contributed by atoms with Crippen LogP contribution in [0.1, 0.15) is 32.1 Å². The van der Waals surface area contributed by atoms with Gasteiger partial charge in [0.05, 0.1) is 17.1 Å².